The van der Waals surface area contributed by atoms with Gasteiger partial charge in [0.2, 0.25) is 9.84 Å². The second-order valence-corrected chi connectivity index (χ2v) is 9.54. The van der Waals surface area contributed by atoms with Crippen LogP contribution in [0.15, 0.2) is 42.1 Å². The predicted octanol–water partition coefficient (Wildman–Crippen LogP) is 3.79. The quantitative estimate of drug-likeness (QED) is 0.329. The minimum Gasteiger partial charge on any atom is -0.349 e. The molecule has 0 fully saturated rings. The first kappa shape index (κ1) is 24.7. The van der Waals surface area contributed by atoms with Crippen LogP contribution in [-0.2, 0) is 9.84 Å². The summed E-state index contributed by atoms with van der Waals surface area (Å²) in [5.41, 5.74) is -0.737. The number of alkyl halides is 4. The van der Waals surface area contributed by atoms with E-state index in [-0.39, 0.29) is 33.4 Å². The zero-order valence-electron chi connectivity index (χ0n) is 17.9. The average Bonchev–Trinajstić information content (AvgIpc) is 3.32. The highest BCUT2D eigenvalue weighted by atomic mass is 35.5. The molecule has 0 radical (unpaired) electrons. The first-order valence-electron chi connectivity index (χ1n) is 9.72. The van der Waals surface area contributed by atoms with Crippen LogP contribution in [0.1, 0.15) is 30.9 Å². The van der Waals surface area contributed by atoms with Gasteiger partial charge >= 0.3 is 5.76 Å². The van der Waals surface area contributed by atoms with E-state index in [2.05, 4.69) is 30.0 Å². The number of fused-ring (bicyclic) bond motifs is 1. The van der Waals surface area contributed by atoms with Crippen LogP contribution in [0, 0.1) is 0 Å². The Bertz CT molecular complexity index is 1500. The molecule has 184 valence electrons. The first-order valence-corrected chi connectivity index (χ1v) is 11.6. The Hall–Kier alpha value is -3.46. The van der Waals surface area contributed by atoms with Gasteiger partial charge in [0.15, 0.2) is 11.6 Å². The number of benzene rings is 1. The van der Waals surface area contributed by atoms with E-state index in [1.807, 2.05) is 0 Å². The Morgan fingerprint density at radius 3 is 2.37 bits per heavy atom. The third-order valence-corrected chi connectivity index (χ3v) is 6.78. The van der Waals surface area contributed by atoms with E-state index in [0.717, 1.165) is 24.8 Å². The van der Waals surface area contributed by atoms with Gasteiger partial charge in [-0.15, -0.1) is 0 Å². The maximum absolute atomic E-state index is 13.3. The van der Waals surface area contributed by atoms with Crippen molar-refractivity contribution in [3.8, 4) is 5.82 Å². The minimum absolute atomic E-state index is 0.0453. The monoisotopic (exact) mass is 530 g/mol. The van der Waals surface area contributed by atoms with E-state index in [4.69, 9.17) is 11.6 Å². The zero-order chi connectivity index (χ0) is 25.5. The lowest BCUT2D eigenvalue weighted by Crippen LogP contribution is -2.26. The van der Waals surface area contributed by atoms with Crippen molar-refractivity contribution in [3.63, 3.8) is 0 Å². The number of nitrogens with zero attached hydrogens (tertiary/aromatic N) is 8. The Balaban J connectivity index is 1.81. The third-order valence-electron chi connectivity index (χ3n) is 5.17. The molecule has 0 aliphatic rings. The summed E-state index contributed by atoms with van der Waals surface area (Å²) < 4.78 is 78.3. The van der Waals surface area contributed by atoms with Gasteiger partial charge in [-0.3, -0.25) is 0 Å². The highest BCUT2D eigenvalue weighted by Crippen LogP contribution is 2.35. The lowest BCUT2D eigenvalue weighted by molar-refractivity contribution is 0.146. The summed E-state index contributed by atoms with van der Waals surface area (Å²) in [6.45, 7) is 1.69. The largest absolute Gasteiger partial charge is 0.349 e. The summed E-state index contributed by atoms with van der Waals surface area (Å²) in [4.78, 5) is 20.6. The first-order chi connectivity index (χ1) is 16.5. The molecule has 16 heteroatoms. The molecule has 3 heterocycles. The van der Waals surface area contributed by atoms with Crippen molar-refractivity contribution in [2.45, 2.75) is 30.0 Å². The van der Waals surface area contributed by atoms with Gasteiger partial charge in [0.05, 0.1) is 11.6 Å². The van der Waals surface area contributed by atoms with Crippen LogP contribution in [0.2, 0.25) is 5.02 Å². The minimum atomic E-state index is -5.01. The van der Waals surface area contributed by atoms with Crippen LogP contribution in [0.5, 0.6) is 0 Å². The molecule has 0 aliphatic heterocycles. The fraction of sp³-hybridized carbons (Fsp3) is 0.263. The summed E-state index contributed by atoms with van der Waals surface area (Å²) in [5.74, 6) is -3.21. The van der Waals surface area contributed by atoms with E-state index in [1.165, 1.54) is 17.1 Å². The van der Waals surface area contributed by atoms with Crippen LogP contribution in [0.3, 0.4) is 0 Å². The van der Waals surface area contributed by atoms with Gasteiger partial charge in [-0.05, 0) is 19.1 Å². The summed E-state index contributed by atoms with van der Waals surface area (Å²) in [7, 11) is -3.43. The van der Waals surface area contributed by atoms with Crippen molar-refractivity contribution in [3.05, 3.63) is 53.7 Å². The Kier molecular flexibility index (Phi) is 6.55. The molecule has 0 aliphatic carbocycles. The molecule has 0 amide bonds. The van der Waals surface area contributed by atoms with Gasteiger partial charge in [-0.1, -0.05) is 11.6 Å². The maximum atomic E-state index is 13.3. The topological polar surface area (TPSA) is 120 Å². The lowest BCUT2D eigenvalue weighted by Gasteiger charge is -2.26. The second-order valence-electron chi connectivity index (χ2n) is 7.22. The molecule has 0 saturated carbocycles. The van der Waals surface area contributed by atoms with Gasteiger partial charge < -0.3 is 4.90 Å². The van der Waals surface area contributed by atoms with E-state index in [0.29, 0.717) is 0 Å². The number of halogens is 5. The second kappa shape index (κ2) is 9.30. The zero-order valence-corrected chi connectivity index (χ0v) is 19.5. The van der Waals surface area contributed by atoms with Crippen LogP contribution in [0.4, 0.5) is 23.4 Å². The summed E-state index contributed by atoms with van der Waals surface area (Å²) in [6, 6.07) is 2.67. The Morgan fingerprint density at radius 1 is 0.971 bits per heavy atom. The molecule has 3 aromatic heterocycles. The molecule has 10 nitrogen and oxygen atoms in total. The van der Waals surface area contributed by atoms with Crippen LogP contribution in [-0.4, -0.2) is 55.9 Å². The van der Waals surface area contributed by atoms with E-state index < -0.39 is 38.7 Å². The van der Waals surface area contributed by atoms with Gasteiger partial charge in [-0.2, -0.15) is 18.6 Å². The Labute approximate surface area is 200 Å². The standard InChI is InChI=1S/C19H15ClF4N8O2S/c1-9(17-29-8-30-32(17)14-5-12(16(21)22)25-6-26-14)31(2)18-11-3-10(20)4-13(15(11)27-7-28-18)35(33,34)19(23)24/h3-9,16,19H,1-2H3/t9-/m0/s1. The summed E-state index contributed by atoms with van der Waals surface area (Å²) in [6.07, 6.45) is 0.386. The normalized spacial score (nSPS) is 13.1. The molecule has 35 heavy (non-hydrogen) atoms. The van der Waals surface area contributed by atoms with Crippen molar-refractivity contribution in [1.82, 2.24) is 34.7 Å². The maximum Gasteiger partial charge on any atom is 0.341 e. The highest BCUT2D eigenvalue weighted by molar-refractivity contribution is 7.92. The van der Waals surface area contributed by atoms with Crippen LogP contribution in [0.25, 0.3) is 16.7 Å². The number of rotatable bonds is 7. The van der Waals surface area contributed by atoms with Gasteiger partial charge in [0.1, 0.15) is 35.4 Å². The number of aromatic nitrogens is 7. The predicted molar refractivity (Wildman–Crippen MR) is 116 cm³/mol. The molecule has 4 aromatic rings. The molecule has 0 unspecified atom stereocenters. The number of sulfone groups is 1. The van der Waals surface area contributed by atoms with Crippen LogP contribution >= 0.6 is 11.6 Å². The Morgan fingerprint density at radius 2 is 1.69 bits per heavy atom. The molecule has 4 rings (SSSR count). The summed E-state index contributed by atoms with van der Waals surface area (Å²) in [5, 5.41) is 4.04. The number of anilines is 1. The molecule has 0 N–H and O–H groups in total. The van der Waals surface area contributed by atoms with Crippen molar-refractivity contribution < 1.29 is 26.0 Å². The van der Waals surface area contributed by atoms with E-state index >= 15 is 0 Å². The molecule has 0 bridgehead atoms. The van der Waals surface area contributed by atoms with E-state index in [1.54, 1.807) is 18.9 Å². The fourth-order valence-corrected chi connectivity index (χ4v) is 4.55. The fourth-order valence-electron chi connectivity index (χ4n) is 3.35. The van der Waals surface area contributed by atoms with Crippen molar-refractivity contribution in [1.29, 1.82) is 0 Å². The molecule has 0 saturated heterocycles. The molecule has 0 spiro atoms. The van der Waals surface area contributed by atoms with Gasteiger partial charge in [0.25, 0.3) is 6.43 Å². The van der Waals surface area contributed by atoms with Gasteiger partial charge in [0, 0.05) is 23.5 Å². The number of hydrogen-bond donors (Lipinski definition) is 0. The highest BCUT2D eigenvalue weighted by Gasteiger charge is 2.31. The van der Waals surface area contributed by atoms with Crippen molar-refractivity contribution in [2.75, 3.05) is 11.9 Å². The third kappa shape index (κ3) is 4.48. The summed E-state index contributed by atoms with van der Waals surface area (Å²) >= 11 is 6.05. The van der Waals surface area contributed by atoms with Crippen molar-refractivity contribution in [2.24, 2.45) is 0 Å². The van der Waals surface area contributed by atoms with Gasteiger partial charge in [-0.25, -0.2) is 42.1 Å². The van der Waals surface area contributed by atoms with E-state index in [9.17, 15) is 26.0 Å². The average molecular weight is 531 g/mol. The number of hydrogen-bond acceptors (Lipinski definition) is 9. The molecule has 1 atom stereocenters. The SMILES string of the molecule is C[C@@H](c1ncnn1-c1cc(C(F)F)ncn1)N(C)c1ncnc2c(S(=O)(=O)C(F)F)cc(Cl)cc12. The van der Waals surface area contributed by atoms with Crippen LogP contribution < -0.4 is 4.90 Å². The molecular formula is C19H15ClF4N8O2S. The molecular weight excluding hydrogens is 516 g/mol. The smallest absolute Gasteiger partial charge is 0.341 e. The lowest BCUT2D eigenvalue weighted by atomic mass is 10.2. The van der Waals surface area contributed by atoms with Crippen molar-refractivity contribution >= 4 is 38.2 Å². The molecule has 1 aromatic carbocycles.